The summed E-state index contributed by atoms with van der Waals surface area (Å²) in [5.74, 6) is -0.615. The third-order valence-electron chi connectivity index (χ3n) is 14.9. The number of halogens is 9. The second-order valence-electron chi connectivity index (χ2n) is 20.0. The summed E-state index contributed by atoms with van der Waals surface area (Å²) in [6, 6.07) is 23.3. The number of carbonyl (C=O) groups excluding carboxylic acids is 3. The van der Waals surface area contributed by atoms with Crippen molar-refractivity contribution in [3.05, 3.63) is 256 Å². The quantitative estimate of drug-likeness (QED) is 0.129. The minimum Gasteiger partial charge on any atom is -0.314 e. The Morgan fingerprint density at radius 3 is 1.55 bits per heavy atom. The Morgan fingerprint density at radius 1 is 0.488 bits per heavy atom. The maximum Gasteiger partial charge on any atom is 0.291 e. The van der Waals surface area contributed by atoms with Crippen molar-refractivity contribution in [1.29, 1.82) is 0 Å². The Morgan fingerprint density at radius 2 is 0.964 bits per heavy atom. The highest BCUT2D eigenvalue weighted by Gasteiger charge is 2.34. The van der Waals surface area contributed by atoms with E-state index in [1.165, 1.54) is 46.6 Å². The number of nitro benzene ring substituents is 2. The number of ketones is 3. The molecule has 1 N–H and O–H groups in total. The van der Waals surface area contributed by atoms with Crippen LogP contribution in [0.2, 0.25) is 20.1 Å². The first-order valence-corrected chi connectivity index (χ1v) is 31.6. The van der Waals surface area contributed by atoms with Crippen molar-refractivity contribution < 1.29 is 24.2 Å². The topological polar surface area (TPSA) is 204 Å². The number of piperazine rings is 1. The number of rotatable bonds is 3. The van der Waals surface area contributed by atoms with Crippen LogP contribution >= 0.6 is 126 Å². The molecule has 84 heavy (non-hydrogen) atoms. The molecule has 0 spiro atoms. The first-order chi connectivity index (χ1) is 40.2. The minimum atomic E-state index is -0.587. The van der Waals surface area contributed by atoms with Gasteiger partial charge in [-0.2, -0.15) is 0 Å². The fraction of sp³-hybridized carbons (Fsp3) is 0.217. The molecular weight excluding hydrogens is 1490 g/mol. The van der Waals surface area contributed by atoms with Gasteiger partial charge in [0.2, 0.25) is 17.3 Å². The zero-order valence-electron chi connectivity index (χ0n) is 43.8. The molecule has 4 aliphatic carbocycles. The van der Waals surface area contributed by atoms with Gasteiger partial charge in [0.1, 0.15) is 27.1 Å². The van der Waals surface area contributed by atoms with Crippen molar-refractivity contribution in [2.75, 3.05) is 26.2 Å². The predicted molar refractivity (Wildman–Crippen MR) is 341 cm³/mol. The molecule has 0 saturated carbocycles. The van der Waals surface area contributed by atoms with E-state index < -0.39 is 9.85 Å². The highest BCUT2D eigenvalue weighted by molar-refractivity contribution is 9.11. The van der Waals surface area contributed by atoms with Gasteiger partial charge in [0.15, 0.2) is 0 Å². The number of aryl methyl sites for hydroxylation is 7. The lowest BCUT2D eigenvalue weighted by Gasteiger charge is -2.36. The molecule has 0 radical (unpaired) electrons. The summed E-state index contributed by atoms with van der Waals surface area (Å²) in [7, 11) is 0. The lowest BCUT2D eigenvalue weighted by molar-refractivity contribution is -0.385. The van der Waals surface area contributed by atoms with Crippen LogP contribution in [-0.4, -0.2) is 78.2 Å². The molecule has 8 aromatic rings. The van der Waals surface area contributed by atoms with Crippen LogP contribution in [0.4, 0.5) is 11.4 Å². The summed E-state index contributed by atoms with van der Waals surface area (Å²) in [6.07, 6.45) is 12.4. The van der Waals surface area contributed by atoms with E-state index >= 15 is 0 Å². The van der Waals surface area contributed by atoms with Crippen LogP contribution in [0.3, 0.4) is 0 Å². The van der Waals surface area contributed by atoms with Crippen LogP contribution in [0.5, 0.6) is 0 Å². The van der Waals surface area contributed by atoms with Crippen molar-refractivity contribution in [3.8, 4) is 0 Å². The molecule has 428 valence electrons. The molecule has 5 aliphatic rings. The van der Waals surface area contributed by atoms with Gasteiger partial charge >= 0.3 is 0 Å². The molecule has 1 aliphatic heterocycles. The molecule has 1 unspecified atom stereocenters. The predicted octanol–water partition coefficient (Wildman–Crippen LogP) is 15.7. The molecule has 5 heterocycles. The Labute approximate surface area is 543 Å². The number of fused-ring (bicyclic) bond motifs is 8. The monoisotopic (exact) mass is 1520 g/mol. The second-order valence-corrected chi connectivity index (χ2v) is 26.2. The SMILES string of the molecule is Clc1cc(Br)c2c(c1)CCc1cc(Br)cnc1C2N1CCNCC1.O=C1c2cc([N+](=O)[O-])c(Cl)cc2CCc2cc(Br)cnc21.O=C1c2ccc(Cl)c([N+](=O)[O-])c2CCc2cc(Br)cnc21.O=C1c2ccc(Cl)cc2CCc2cc(Br)cnc21. The van der Waals surface area contributed by atoms with Gasteiger partial charge in [-0.15, -0.1) is 0 Å². The van der Waals surface area contributed by atoms with E-state index in [9.17, 15) is 34.6 Å². The van der Waals surface area contributed by atoms with Gasteiger partial charge in [0.25, 0.3) is 11.4 Å². The molecule has 24 heteroatoms. The molecule has 4 aromatic carbocycles. The van der Waals surface area contributed by atoms with Gasteiger partial charge in [-0.25, -0.2) is 0 Å². The molecule has 1 fully saturated rings. The molecule has 1 saturated heterocycles. The maximum absolute atomic E-state index is 12.6. The molecular formula is C60H43Br5Cl4N8O7. The molecule has 15 nitrogen and oxygen atoms in total. The highest BCUT2D eigenvalue weighted by Crippen LogP contribution is 2.42. The standard InChI is InChI=1S/C18H18Br2ClN3.2C14H8BrClN2O3.C14H9BrClNO/c19-13-7-12-2-1-11-8-14(21)9-15(20)16(11)18(17(12)23-10-13)24-5-3-22-4-6-24;15-9-3-8-2-1-7-4-11(16)12(18(20)21)5-10(7)14(19)13(8)17-6-9;15-8-5-7-1-2-9-10(14(19)12(7)17-6-8)3-4-11(16)13(9)18(20)21;15-10-5-9-2-1-8-6-11(16)3-4-12(8)14(18)13(9)17-7-10/h7-10,18,22H,1-6H2;2*3-6H,1-2H2;3-7H,1-2H2. The molecule has 13 rings (SSSR count). The number of benzene rings is 4. The molecule has 4 aromatic heterocycles. The van der Waals surface area contributed by atoms with Crippen molar-refractivity contribution in [2.45, 2.75) is 57.4 Å². The smallest absolute Gasteiger partial charge is 0.291 e. The zero-order chi connectivity index (χ0) is 59.7. The van der Waals surface area contributed by atoms with Gasteiger partial charge in [-0.3, -0.25) is 59.4 Å². The van der Waals surface area contributed by atoms with Gasteiger partial charge in [0, 0.05) is 112 Å². The van der Waals surface area contributed by atoms with Crippen LogP contribution in [0.15, 0.2) is 126 Å². The van der Waals surface area contributed by atoms with Gasteiger partial charge in [-0.05, 0) is 232 Å². The van der Waals surface area contributed by atoms with Gasteiger partial charge in [-0.1, -0.05) is 62.3 Å². The summed E-state index contributed by atoms with van der Waals surface area (Å²) in [5, 5.41) is 27.2. The third kappa shape index (κ3) is 13.5. The third-order valence-corrected chi connectivity index (χ3v) is 18.3. The van der Waals surface area contributed by atoms with Crippen molar-refractivity contribution in [2.24, 2.45) is 0 Å². The fourth-order valence-electron chi connectivity index (χ4n) is 11.0. The van der Waals surface area contributed by atoms with Crippen LogP contribution in [-0.2, 0) is 51.4 Å². The lowest BCUT2D eigenvalue weighted by Crippen LogP contribution is -2.45. The number of carbonyl (C=O) groups is 3. The van der Waals surface area contributed by atoms with Crippen LogP contribution in [0, 0.1) is 20.2 Å². The lowest BCUT2D eigenvalue weighted by atomic mass is 9.96. The molecule has 0 amide bonds. The number of hydrogen-bond acceptors (Lipinski definition) is 13. The number of aromatic nitrogens is 4. The summed E-state index contributed by atoms with van der Waals surface area (Å²) >= 11 is 41.5. The Kier molecular flexibility index (Phi) is 19.7. The minimum absolute atomic E-state index is 0.0123. The van der Waals surface area contributed by atoms with E-state index in [2.05, 4.69) is 117 Å². The number of nitrogens with zero attached hydrogens (tertiary/aromatic N) is 7. The summed E-state index contributed by atoms with van der Waals surface area (Å²) in [5.41, 5.74) is 12.0. The number of nitrogens with one attached hydrogen (secondary N) is 1. The fourth-order valence-corrected chi connectivity index (χ4v) is 14.3. The van der Waals surface area contributed by atoms with Crippen molar-refractivity contribution in [3.63, 3.8) is 0 Å². The normalized spacial score (nSPS) is 15.6. The molecule has 1 atom stereocenters. The Bertz CT molecular complexity index is 3960. The number of pyridine rings is 4. The van der Waals surface area contributed by atoms with E-state index in [0.717, 1.165) is 102 Å². The van der Waals surface area contributed by atoms with E-state index in [1.54, 1.807) is 30.7 Å². The summed E-state index contributed by atoms with van der Waals surface area (Å²) < 4.78 is 4.60. The highest BCUT2D eigenvalue weighted by atomic mass is 79.9. The van der Waals surface area contributed by atoms with Crippen LogP contribution < -0.4 is 5.32 Å². The first-order valence-electron chi connectivity index (χ1n) is 26.1. The van der Waals surface area contributed by atoms with Crippen LogP contribution in [0.25, 0.3) is 0 Å². The van der Waals surface area contributed by atoms with Gasteiger partial charge < -0.3 is 5.32 Å². The second kappa shape index (κ2) is 26.8. The average Bonchev–Trinajstić information content (AvgIpc) is 2.07. The Balaban J connectivity index is 0.000000125. The van der Waals surface area contributed by atoms with E-state index in [4.69, 9.17) is 51.4 Å². The summed E-state index contributed by atoms with van der Waals surface area (Å²) in [6.45, 7) is 4.08. The Hall–Kier alpha value is -5.23. The first kappa shape index (κ1) is 61.8. The number of nitro groups is 2. The average molecular weight is 1530 g/mol. The van der Waals surface area contributed by atoms with Crippen molar-refractivity contribution in [1.82, 2.24) is 30.2 Å². The van der Waals surface area contributed by atoms with E-state index in [-0.39, 0.29) is 44.8 Å². The number of hydrogen-bond donors (Lipinski definition) is 1. The maximum atomic E-state index is 12.6. The van der Waals surface area contributed by atoms with Crippen LogP contribution in [0.1, 0.15) is 110 Å². The van der Waals surface area contributed by atoms with Crippen molar-refractivity contribution >= 4 is 155 Å². The molecule has 0 bridgehead atoms. The largest absolute Gasteiger partial charge is 0.314 e. The summed E-state index contributed by atoms with van der Waals surface area (Å²) in [4.78, 5) is 78.6. The zero-order valence-corrected chi connectivity index (χ0v) is 54.7. The van der Waals surface area contributed by atoms with E-state index in [1.807, 2.05) is 36.5 Å². The van der Waals surface area contributed by atoms with Gasteiger partial charge in [0.05, 0.1) is 21.6 Å². The van der Waals surface area contributed by atoms with E-state index in [0.29, 0.717) is 75.6 Å².